The van der Waals surface area contributed by atoms with Crippen molar-refractivity contribution >= 4 is 45.6 Å². The molecule has 25 heavy (non-hydrogen) atoms. The minimum atomic E-state index is -0.308. The quantitative estimate of drug-likeness (QED) is 0.599. The number of nitrogens with zero attached hydrogens (tertiary/aromatic N) is 1. The van der Waals surface area contributed by atoms with Crippen LogP contribution in [0.2, 0.25) is 10.0 Å². The fourth-order valence-corrected chi connectivity index (χ4v) is 3.45. The number of hydrogen-bond acceptors (Lipinski definition) is 4. The minimum absolute atomic E-state index is 0.308. The van der Waals surface area contributed by atoms with Crippen molar-refractivity contribution in [3.63, 3.8) is 0 Å². The van der Waals surface area contributed by atoms with E-state index in [1.165, 1.54) is 11.3 Å². The number of nitrogens with one attached hydrogen (secondary N) is 1. The molecule has 0 fully saturated rings. The molecule has 1 aromatic heterocycles. The van der Waals surface area contributed by atoms with E-state index in [-0.39, 0.29) is 5.91 Å². The first-order valence-corrected chi connectivity index (χ1v) is 9.15. The van der Waals surface area contributed by atoms with Crippen molar-refractivity contribution in [3.05, 3.63) is 63.5 Å². The second-order valence-corrected chi connectivity index (χ2v) is 6.84. The van der Waals surface area contributed by atoms with Crippen LogP contribution in [0.25, 0.3) is 11.3 Å². The highest BCUT2D eigenvalue weighted by atomic mass is 35.5. The van der Waals surface area contributed by atoms with E-state index < -0.39 is 0 Å². The molecular weight excluding hydrogens is 379 g/mol. The van der Waals surface area contributed by atoms with Gasteiger partial charge in [-0.25, -0.2) is 4.98 Å². The maximum absolute atomic E-state index is 12.3. The van der Waals surface area contributed by atoms with Gasteiger partial charge in [-0.1, -0.05) is 23.2 Å². The molecule has 3 aromatic rings. The van der Waals surface area contributed by atoms with Crippen molar-refractivity contribution in [1.82, 2.24) is 4.98 Å². The van der Waals surface area contributed by atoms with E-state index in [4.69, 9.17) is 27.9 Å². The lowest BCUT2D eigenvalue weighted by atomic mass is 10.2. The van der Waals surface area contributed by atoms with E-state index in [0.29, 0.717) is 27.3 Å². The molecule has 0 bridgehead atoms. The number of ether oxygens (including phenoxy) is 1. The number of anilines is 1. The van der Waals surface area contributed by atoms with Crippen molar-refractivity contribution < 1.29 is 9.53 Å². The summed E-state index contributed by atoms with van der Waals surface area (Å²) in [6.45, 7) is 2.57. The van der Waals surface area contributed by atoms with Gasteiger partial charge in [0.05, 0.1) is 12.3 Å². The molecular formula is C18H14Cl2N2O2S. The molecule has 0 spiro atoms. The first-order chi connectivity index (χ1) is 12.0. The zero-order valence-electron chi connectivity index (χ0n) is 13.3. The fourth-order valence-electron chi connectivity index (χ4n) is 2.21. The van der Waals surface area contributed by atoms with E-state index in [2.05, 4.69) is 10.3 Å². The van der Waals surface area contributed by atoms with Gasteiger partial charge in [0, 0.05) is 26.6 Å². The zero-order valence-corrected chi connectivity index (χ0v) is 15.6. The third-order valence-corrected chi connectivity index (χ3v) is 4.50. The monoisotopic (exact) mass is 392 g/mol. The van der Waals surface area contributed by atoms with Crippen LogP contribution in [-0.4, -0.2) is 17.5 Å². The van der Waals surface area contributed by atoms with Crippen LogP contribution in [0.1, 0.15) is 17.3 Å². The molecule has 0 unspecified atom stereocenters. The van der Waals surface area contributed by atoms with Crippen LogP contribution in [0.15, 0.2) is 47.8 Å². The Morgan fingerprint density at radius 1 is 1.16 bits per heavy atom. The lowest BCUT2D eigenvalue weighted by Crippen LogP contribution is -2.11. The van der Waals surface area contributed by atoms with Crippen LogP contribution in [0.3, 0.4) is 0 Å². The Kier molecular flexibility index (Phi) is 5.58. The average molecular weight is 393 g/mol. The first kappa shape index (κ1) is 17.7. The van der Waals surface area contributed by atoms with Crippen LogP contribution < -0.4 is 10.1 Å². The van der Waals surface area contributed by atoms with Crippen molar-refractivity contribution in [2.45, 2.75) is 6.92 Å². The Hall–Kier alpha value is -2.08. The van der Waals surface area contributed by atoms with Crippen LogP contribution in [0, 0.1) is 0 Å². The van der Waals surface area contributed by atoms with Gasteiger partial charge in [0.15, 0.2) is 5.13 Å². The molecule has 128 valence electrons. The molecule has 1 N–H and O–H groups in total. The number of halogens is 2. The highest BCUT2D eigenvalue weighted by Crippen LogP contribution is 2.27. The van der Waals surface area contributed by atoms with Crippen LogP contribution in [0.5, 0.6) is 5.75 Å². The summed E-state index contributed by atoms with van der Waals surface area (Å²) in [5.41, 5.74) is 2.12. The Morgan fingerprint density at radius 2 is 1.84 bits per heavy atom. The van der Waals surface area contributed by atoms with E-state index in [9.17, 15) is 4.79 Å². The highest BCUT2D eigenvalue weighted by molar-refractivity contribution is 7.14. The molecule has 4 nitrogen and oxygen atoms in total. The summed E-state index contributed by atoms with van der Waals surface area (Å²) in [6, 6.07) is 12.3. The number of carbonyl (C=O) groups is 1. The summed E-state index contributed by atoms with van der Waals surface area (Å²) >= 11 is 13.2. The molecule has 7 heteroatoms. The second-order valence-electron chi connectivity index (χ2n) is 5.11. The van der Waals surface area contributed by atoms with Crippen molar-refractivity contribution in [3.8, 4) is 17.0 Å². The van der Waals surface area contributed by atoms with Gasteiger partial charge in [0.1, 0.15) is 5.75 Å². The lowest BCUT2D eigenvalue weighted by molar-refractivity contribution is 0.102. The summed E-state index contributed by atoms with van der Waals surface area (Å²) in [4.78, 5) is 16.7. The van der Waals surface area contributed by atoms with Gasteiger partial charge in [0.2, 0.25) is 0 Å². The Morgan fingerprint density at radius 3 is 2.48 bits per heavy atom. The Bertz CT molecular complexity index is 874. The maximum atomic E-state index is 12.3. The molecule has 2 aromatic carbocycles. The number of amides is 1. The van der Waals surface area contributed by atoms with Gasteiger partial charge in [-0.15, -0.1) is 11.3 Å². The van der Waals surface area contributed by atoms with Crippen molar-refractivity contribution in [1.29, 1.82) is 0 Å². The van der Waals surface area contributed by atoms with Crippen LogP contribution in [-0.2, 0) is 0 Å². The average Bonchev–Trinajstić information content (AvgIpc) is 3.03. The number of rotatable bonds is 5. The lowest BCUT2D eigenvalue weighted by Gasteiger charge is -2.04. The van der Waals surface area contributed by atoms with Crippen LogP contribution in [0.4, 0.5) is 5.13 Å². The number of thiazole rings is 1. The molecule has 1 heterocycles. The number of carbonyl (C=O) groups excluding carboxylic acids is 1. The van der Waals surface area contributed by atoms with Gasteiger partial charge >= 0.3 is 0 Å². The Balaban J connectivity index is 1.73. The number of benzene rings is 2. The van der Waals surface area contributed by atoms with Gasteiger partial charge in [-0.05, 0) is 49.4 Å². The highest BCUT2D eigenvalue weighted by Gasteiger charge is 2.11. The molecule has 0 aliphatic heterocycles. The topological polar surface area (TPSA) is 51.2 Å². The zero-order chi connectivity index (χ0) is 17.8. The van der Waals surface area contributed by atoms with Gasteiger partial charge < -0.3 is 4.74 Å². The number of hydrogen-bond donors (Lipinski definition) is 1. The molecule has 3 rings (SSSR count). The van der Waals surface area contributed by atoms with E-state index in [0.717, 1.165) is 17.0 Å². The summed E-state index contributed by atoms with van der Waals surface area (Å²) in [5, 5.41) is 5.97. The third kappa shape index (κ3) is 4.51. The smallest absolute Gasteiger partial charge is 0.257 e. The summed E-state index contributed by atoms with van der Waals surface area (Å²) < 4.78 is 5.43. The predicted octanol–water partition coefficient (Wildman–Crippen LogP) is 5.77. The molecule has 0 saturated heterocycles. The molecule has 0 aliphatic carbocycles. The summed E-state index contributed by atoms with van der Waals surface area (Å²) in [5.74, 6) is 0.504. The molecule has 0 radical (unpaired) electrons. The predicted molar refractivity (Wildman–Crippen MR) is 103 cm³/mol. The maximum Gasteiger partial charge on any atom is 0.257 e. The molecule has 1 amide bonds. The second kappa shape index (κ2) is 7.87. The normalized spacial score (nSPS) is 10.5. The summed E-state index contributed by atoms with van der Waals surface area (Å²) in [6.07, 6.45) is 0. The van der Waals surface area contributed by atoms with Gasteiger partial charge in [-0.3, -0.25) is 10.1 Å². The first-order valence-electron chi connectivity index (χ1n) is 7.51. The van der Waals surface area contributed by atoms with E-state index in [1.807, 2.05) is 36.6 Å². The molecule has 0 atom stereocenters. The largest absolute Gasteiger partial charge is 0.494 e. The molecule has 0 saturated carbocycles. The fraction of sp³-hybridized carbons (Fsp3) is 0.111. The van der Waals surface area contributed by atoms with Gasteiger partial charge in [0.25, 0.3) is 5.91 Å². The minimum Gasteiger partial charge on any atom is -0.494 e. The summed E-state index contributed by atoms with van der Waals surface area (Å²) in [7, 11) is 0. The van der Waals surface area contributed by atoms with Crippen molar-refractivity contribution in [2.75, 3.05) is 11.9 Å². The number of aromatic nitrogens is 1. The van der Waals surface area contributed by atoms with Crippen molar-refractivity contribution in [2.24, 2.45) is 0 Å². The van der Waals surface area contributed by atoms with Gasteiger partial charge in [-0.2, -0.15) is 0 Å². The standard InChI is InChI=1S/C18H14Cl2N2O2S/c1-2-24-15-5-3-11(4-6-15)16-10-25-18(21-16)22-17(23)12-7-13(19)9-14(20)8-12/h3-10H,2H2,1H3,(H,21,22,23). The van der Waals surface area contributed by atoms with E-state index >= 15 is 0 Å². The van der Waals surface area contributed by atoms with E-state index in [1.54, 1.807) is 18.2 Å². The SMILES string of the molecule is CCOc1ccc(-c2csc(NC(=O)c3cc(Cl)cc(Cl)c3)n2)cc1. The molecule has 0 aliphatic rings. The third-order valence-electron chi connectivity index (χ3n) is 3.31. The Labute approximate surface area is 159 Å². The van der Waals surface area contributed by atoms with Crippen LogP contribution >= 0.6 is 34.5 Å².